The third kappa shape index (κ3) is 7.18. The summed E-state index contributed by atoms with van der Waals surface area (Å²) in [6.45, 7) is 14.8. The minimum absolute atomic E-state index is 0.339. The molecule has 0 amide bonds. The van der Waals surface area contributed by atoms with Gasteiger partial charge in [0.1, 0.15) is 17.8 Å². The van der Waals surface area contributed by atoms with Gasteiger partial charge >= 0.3 is 11.9 Å². The molecule has 1 aliphatic rings. The highest BCUT2D eigenvalue weighted by atomic mass is 16.6. The number of dihydropyridines is 1. The zero-order valence-electron chi connectivity index (χ0n) is 23.9. The fourth-order valence-corrected chi connectivity index (χ4v) is 4.25. The van der Waals surface area contributed by atoms with E-state index in [4.69, 9.17) is 18.9 Å². The van der Waals surface area contributed by atoms with Crippen LogP contribution in [0.3, 0.4) is 0 Å². The number of carbonyl (C=O) groups is 2. The molecule has 0 spiro atoms. The van der Waals surface area contributed by atoms with Crippen LogP contribution < -0.4 is 14.8 Å². The maximum absolute atomic E-state index is 13.5. The molecule has 3 rings (SSSR count). The van der Waals surface area contributed by atoms with Gasteiger partial charge in [0.25, 0.3) is 0 Å². The molecular formula is C31H39NO6. The van der Waals surface area contributed by atoms with Gasteiger partial charge in [0, 0.05) is 11.4 Å². The highest BCUT2D eigenvalue weighted by molar-refractivity contribution is 6.00. The van der Waals surface area contributed by atoms with Crippen LogP contribution in [0.4, 0.5) is 0 Å². The summed E-state index contributed by atoms with van der Waals surface area (Å²) in [4.78, 5) is 27.0. The second-order valence-electron chi connectivity index (χ2n) is 11.3. The van der Waals surface area contributed by atoms with Gasteiger partial charge < -0.3 is 24.3 Å². The molecule has 2 aromatic carbocycles. The number of methoxy groups -OCH3 is 1. The van der Waals surface area contributed by atoms with E-state index in [1.807, 2.05) is 77.9 Å². The van der Waals surface area contributed by atoms with Crippen molar-refractivity contribution in [2.45, 2.75) is 79.1 Å². The van der Waals surface area contributed by atoms with Crippen LogP contribution in [-0.2, 0) is 25.7 Å². The fraction of sp³-hybridized carbons (Fsp3) is 0.419. The number of allylic oxidation sites excluding steroid dienone is 2. The van der Waals surface area contributed by atoms with Crippen molar-refractivity contribution in [1.82, 2.24) is 5.32 Å². The molecule has 2 aromatic rings. The Morgan fingerprint density at radius 2 is 1.32 bits per heavy atom. The number of benzene rings is 2. The Morgan fingerprint density at radius 1 is 0.789 bits per heavy atom. The van der Waals surface area contributed by atoms with Crippen LogP contribution in [0.2, 0.25) is 0 Å². The van der Waals surface area contributed by atoms with Crippen LogP contribution in [0, 0.1) is 0 Å². The van der Waals surface area contributed by atoms with E-state index in [-0.39, 0.29) is 0 Å². The first-order valence-corrected chi connectivity index (χ1v) is 12.7. The lowest BCUT2D eigenvalue weighted by Gasteiger charge is -2.33. The first-order valence-electron chi connectivity index (χ1n) is 12.7. The summed E-state index contributed by atoms with van der Waals surface area (Å²) < 4.78 is 23.2. The second-order valence-corrected chi connectivity index (χ2v) is 11.3. The van der Waals surface area contributed by atoms with Crippen LogP contribution in [0.15, 0.2) is 71.1 Å². The SMILES string of the molecule is COc1cc(C2C(C(=O)OC(C)(C)C)=C(C)NC(C)=C2C(=O)OC(C)(C)C)ccc1OCc1ccccc1. The van der Waals surface area contributed by atoms with Crippen LogP contribution in [0.1, 0.15) is 72.4 Å². The molecular weight excluding hydrogens is 482 g/mol. The van der Waals surface area contributed by atoms with E-state index in [1.165, 1.54) is 0 Å². The lowest BCUT2D eigenvalue weighted by atomic mass is 9.80. The molecule has 38 heavy (non-hydrogen) atoms. The number of hydrogen-bond donors (Lipinski definition) is 1. The predicted octanol–water partition coefficient (Wildman–Crippen LogP) is 6.19. The van der Waals surface area contributed by atoms with Gasteiger partial charge in [0.05, 0.1) is 24.2 Å². The van der Waals surface area contributed by atoms with Crippen molar-refractivity contribution in [3.63, 3.8) is 0 Å². The predicted molar refractivity (Wildman–Crippen MR) is 147 cm³/mol. The Hall–Kier alpha value is -3.74. The molecule has 0 atom stereocenters. The largest absolute Gasteiger partial charge is 0.493 e. The zero-order chi connectivity index (χ0) is 28.3. The van der Waals surface area contributed by atoms with Gasteiger partial charge in [-0.3, -0.25) is 0 Å². The third-order valence-electron chi connectivity index (χ3n) is 5.76. The number of nitrogens with one attached hydrogen (secondary N) is 1. The molecule has 0 aromatic heterocycles. The van der Waals surface area contributed by atoms with Gasteiger partial charge in [-0.25, -0.2) is 9.59 Å². The Morgan fingerprint density at radius 3 is 1.79 bits per heavy atom. The van der Waals surface area contributed by atoms with Gasteiger partial charge in [-0.2, -0.15) is 0 Å². The molecule has 0 saturated heterocycles. The zero-order valence-corrected chi connectivity index (χ0v) is 23.9. The average molecular weight is 522 g/mol. The van der Waals surface area contributed by atoms with Crippen LogP contribution in [-0.4, -0.2) is 30.3 Å². The third-order valence-corrected chi connectivity index (χ3v) is 5.76. The smallest absolute Gasteiger partial charge is 0.337 e. The molecule has 1 heterocycles. The molecule has 0 radical (unpaired) electrons. The molecule has 1 N–H and O–H groups in total. The summed E-state index contributed by atoms with van der Waals surface area (Å²) >= 11 is 0. The van der Waals surface area contributed by atoms with Gasteiger partial charge in [0.2, 0.25) is 0 Å². The van der Waals surface area contributed by atoms with E-state index >= 15 is 0 Å². The molecule has 0 bridgehead atoms. The topological polar surface area (TPSA) is 83.1 Å². The Balaban J connectivity index is 2.09. The van der Waals surface area contributed by atoms with Crippen molar-refractivity contribution in [2.24, 2.45) is 0 Å². The molecule has 1 aliphatic heterocycles. The van der Waals surface area contributed by atoms with Crippen molar-refractivity contribution in [2.75, 3.05) is 7.11 Å². The minimum atomic E-state index is -0.738. The van der Waals surface area contributed by atoms with E-state index < -0.39 is 29.1 Å². The Labute approximate surface area is 225 Å². The number of rotatable bonds is 7. The van der Waals surface area contributed by atoms with Gasteiger partial charge in [-0.05, 0) is 78.6 Å². The van der Waals surface area contributed by atoms with Gasteiger partial charge in [-0.1, -0.05) is 36.4 Å². The minimum Gasteiger partial charge on any atom is -0.493 e. The van der Waals surface area contributed by atoms with E-state index in [1.54, 1.807) is 33.1 Å². The number of ether oxygens (including phenoxy) is 4. The van der Waals surface area contributed by atoms with E-state index in [0.29, 0.717) is 46.2 Å². The molecule has 0 aliphatic carbocycles. The average Bonchev–Trinajstić information content (AvgIpc) is 2.80. The van der Waals surface area contributed by atoms with E-state index in [9.17, 15) is 9.59 Å². The molecule has 204 valence electrons. The van der Waals surface area contributed by atoms with Crippen molar-refractivity contribution < 1.29 is 28.5 Å². The molecule has 7 nitrogen and oxygen atoms in total. The Bertz CT molecular complexity index is 1200. The van der Waals surface area contributed by atoms with Gasteiger partial charge in [-0.15, -0.1) is 0 Å². The second kappa shape index (κ2) is 11.3. The van der Waals surface area contributed by atoms with Crippen LogP contribution >= 0.6 is 0 Å². The summed E-state index contributed by atoms with van der Waals surface area (Å²) in [5.74, 6) is -0.723. The van der Waals surface area contributed by atoms with Crippen molar-refractivity contribution in [1.29, 1.82) is 0 Å². The quantitative estimate of drug-likeness (QED) is 0.435. The first kappa shape index (κ1) is 28.8. The normalized spacial score (nSPS) is 14.7. The van der Waals surface area contributed by atoms with Crippen LogP contribution in [0.5, 0.6) is 11.5 Å². The maximum atomic E-state index is 13.5. The lowest BCUT2D eigenvalue weighted by molar-refractivity contribution is -0.150. The number of hydrogen-bond acceptors (Lipinski definition) is 7. The van der Waals surface area contributed by atoms with Crippen molar-refractivity contribution in [3.05, 3.63) is 82.2 Å². The summed E-state index contributed by atoms with van der Waals surface area (Å²) in [5.41, 5.74) is 2.16. The molecule has 0 fully saturated rings. The monoisotopic (exact) mass is 521 g/mol. The first-order chi connectivity index (χ1) is 17.7. The maximum Gasteiger partial charge on any atom is 0.337 e. The molecule has 7 heteroatoms. The van der Waals surface area contributed by atoms with Gasteiger partial charge in [0.15, 0.2) is 11.5 Å². The summed E-state index contributed by atoms with van der Waals surface area (Å²) in [7, 11) is 1.56. The summed E-state index contributed by atoms with van der Waals surface area (Å²) in [6.07, 6.45) is 0. The number of esters is 2. The standard InChI is InChI=1S/C31H39NO6/c1-19-25(28(33)37-30(3,4)5)27(26(20(2)32-19)29(34)38-31(6,7)8)22-15-16-23(24(17-22)35-9)36-18-21-13-11-10-12-14-21/h10-17,27,32H,18H2,1-9H3. The fourth-order valence-electron chi connectivity index (χ4n) is 4.25. The van der Waals surface area contributed by atoms with Crippen molar-refractivity contribution >= 4 is 11.9 Å². The molecule has 0 saturated carbocycles. The number of carbonyl (C=O) groups excluding carboxylic acids is 2. The summed E-state index contributed by atoms with van der Waals surface area (Å²) in [6, 6.07) is 15.3. The van der Waals surface area contributed by atoms with E-state index in [2.05, 4.69) is 5.32 Å². The highest BCUT2D eigenvalue weighted by Crippen LogP contribution is 2.43. The van der Waals surface area contributed by atoms with Crippen molar-refractivity contribution in [3.8, 4) is 11.5 Å². The highest BCUT2D eigenvalue weighted by Gasteiger charge is 2.40. The molecule has 0 unspecified atom stereocenters. The van der Waals surface area contributed by atoms with E-state index in [0.717, 1.165) is 5.56 Å². The lowest BCUT2D eigenvalue weighted by Crippen LogP contribution is -2.36. The Kier molecular flexibility index (Phi) is 8.60. The summed E-state index contributed by atoms with van der Waals surface area (Å²) in [5, 5.41) is 3.19. The van der Waals surface area contributed by atoms with Crippen LogP contribution in [0.25, 0.3) is 0 Å².